The molecule has 0 amide bonds. The van der Waals surface area contributed by atoms with Crippen molar-refractivity contribution in [3.05, 3.63) is 142 Å². The SMILES string of the molecule is CC.CC.CI.Cc1ccc2[nH]c3c(c2c1)CCN(S(C)(=O)=O)C3c1ccccc1.Cc1ccc2[nH]c3c(c2c1)CCNC3c1ccccc1.I[I-]I. The van der Waals surface area contributed by atoms with Crippen LogP contribution in [0.1, 0.15) is 84.5 Å². The number of aryl methyl sites for hydroxylation is 2. The third kappa shape index (κ3) is 11.6. The second-order valence-corrected chi connectivity index (χ2v) is 30.4. The van der Waals surface area contributed by atoms with Crippen molar-refractivity contribution in [2.45, 2.75) is 66.5 Å². The summed E-state index contributed by atoms with van der Waals surface area (Å²) >= 11 is 7.45. The fourth-order valence-corrected chi connectivity index (χ4v) is 8.01. The Kier molecular flexibility index (Phi) is 20.1. The van der Waals surface area contributed by atoms with Crippen LogP contribution >= 0.6 is 59.8 Å². The van der Waals surface area contributed by atoms with E-state index in [1.54, 1.807) is 4.31 Å². The summed E-state index contributed by atoms with van der Waals surface area (Å²) in [7, 11) is -3.30. The zero-order valence-corrected chi connectivity index (χ0v) is 41.4. The molecule has 0 spiro atoms. The Bertz CT molecular complexity index is 2100. The Morgan fingerprint density at radius 2 is 1.13 bits per heavy atom. The van der Waals surface area contributed by atoms with Gasteiger partial charge in [0.25, 0.3) is 0 Å². The number of halogens is 4. The van der Waals surface area contributed by atoms with Crippen LogP contribution in [-0.4, -0.2) is 47.0 Å². The molecule has 6 nitrogen and oxygen atoms in total. The Balaban J connectivity index is 0.000000237. The molecule has 6 aromatic rings. The minimum absolute atomic E-state index is 0.285. The maximum absolute atomic E-state index is 12.4. The molecule has 0 radical (unpaired) electrons. The molecule has 0 aliphatic carbocycles. The first-order valence-corrected chi connectivity index (χ1v) is 34.5. The van der Waals surface area contributed by atoms with E-state index >= 15 is 0 Å². The number of rotatable bonds is 3. The second-order valence-electron chi connectivity index (χ2n) is 12.2. The van der Waals surface area contributed by atoms with Gasteiger partial charge in [-0.15, -0.1) is 0 Å². The summed E-state index contributed by atoms with van der Waals surface area (Å²) < 4.78 is 26.3. The van der Waals surface area contributed by atoms with Crippen LogP contribution < -0.4 is 18.6 Å². The first-order valence-electron chi connectivity index (χ1n) is 18.0. The topological polar surface area (TPSA) is 81.0 Å². The number of benzene rings is 4. The molecule has 2 aliphatic heterocycles. The number of H-pyrrole nitrogens is 2. The number of nitrogens with one attached hydrogen (secondary N) is 3. The summed E-state index contributed by atoms with van der Waals surface area (Å²) in [6, 6.07) is 33.5. The minimum atomic E-state index is -3.30. The second kappa shape index (κ2) is 23.1. The van der Waals surface area contributed by atoms with E-state index in [1.165, 1.54) is 56.1 Å². The molecule has 2 aromatic heterocycles. The van der Waals surface area contributed by atoms with Crippen LogP contribution in [0.15, 0.2) is 97.1 Å². The van der Waals surface area contributed by atoms with Crippen LogP contribution in [0.4, 0.5) is 0 Å². The van der Waals surface area contributed by atoms with Crippen molar-refractivity contribution in [3.8, 4) is 0 Å². The van der Waals surface area contributed by atoms with Crippen LogP contribution in [0.5, 0.6) is 0 Å². The van der Waals surface area contributed by atoms with E-state index in [0.29, 0.717) is 19.8 Å². The van der Waals surface area contributed by atoms with E-state index < -0.39 is 10.0 Å². The van der Waals surface area contributed by atoms with Gasteiger partial charge in [-0.3, -0.25) is 0 Å². The monoisotopic (exact) mass is 1190 g/mol. The van der Waals surface area contributed by atoms with Crippen molar-refractivity contribution in [1.29, 1.82) is 0 Å². The van der Waals surface area contributed by atoms with Gasteiger partial charge >= 0.3 is 50.5 Å². The number of aromatic amines is 2. The van der Waals surface area contributed by atoms with Crippen LogP contribution in [0, 0.1) is 13.8 Å². The standard InChI is InChI=1S/C19H20N2O2S.C18H18N2.2C2H6.CH3I.I3/c1-13-8-9-17-16(12-13)15-10-11-21(24(2,22)23)19(18(15)20-17)14-6-4-3-5-7-14;1-12-7-8-16-15(11-12)14-9-10-19-17(18(14)20-16)13-5-3-2-4-6-13;3*1-2;1-3-2/h3-9,12,19-20H,10-11H2,1-2H3;2-8,11,17,19-20H,9-10H2,1H3;2*1-2H3;1H3;/q;;;;;-1. The van der Waals surface area contributed by atoms with Gasteiger partial charge in [0, 0.05) is 46.3 Å². The normalized spacial score (nSPS) is 16.1. The van der Waals surface area contributed by atoms with Crippen molar-refractivity contribution in [3.63, 3.8) is 0 Å². The molecule has 2 unspecified atom stereocenters. The van der Waals surface area contributed by atoms with Crippen LogP contribution in [-0.2, 0) is 22.9 Å². The average Bonchev–Trinajstić information content (AvgIpc) is 3.75. The van der Waals surface area contributed by atoms with Crippen molar-refractivity contribution in [2.75, 3.05) is 24.3 Å². The molecule has 53 heavy (non-hydrogen) atoms. The number of hydrogen-bond acceptors (Lipinski definition) is 3. The van der Waals surface area contributed by atoms with Gasteiger partial charge in [-0.2, -0.15) is 4.31 Å². The molecular formula is C42H53I4N4O2S-. The fourth-order valence-electron chi connectivity index (χ4n) is 6.98. The molecule has 0 fully saturated rings. The summed E-state index contributed by atoms with van der Waals surface area (Å²) in [6.07, 6.45) is 3.12. The van der Waals surface area contributed by atoms with Gasteiger partial charge in [0.2, 0.25) is 10.0 Å². The summed E-state index contributed by atoms with van der Waals surface area (Å²) in [6.45, 7) is 13.8. The molecule has 11 heteroatoms. The van der Waals surface area contributed by atoms with Crippen molar-refractivity contribution < 1.29 is 21.7 Å². The van der Waals surface area contributed by atoms with Gasteiger partial charge in [0.15, 0.2) is 0 Å². The quantitative estimate of drug-likeness (QED) is 0.122. The average molecular weight is 1190 g/mol. The van der Waals surface area contributed by atoms with E-state index in [1.807, 2.05) is 63.0 Å². The number of nitrogens with zero attached hydrogens (tertiary/aromatic N) is 1. The first-order chi connectivity index (χ1) is 25.7. The molecule has 0 saturated heterocycles. The van der Waals surface area contributed by atoms with Gasteiger partial charge in [-0.1, -0.05) is 134 Å². The molecule has 3 N–H and O–H groups in total. The molecule has 288 valence electrons. The number of alkyl halides is 1. The Morgan fingerprint density at radius 1 is 0.679 bits per heavy atom. The molecule has 4 aromatic carbocycles. The van der Waals surface area contributed by atoms with Gasteiger partial charge in [0.1, 0.15) is 0 Å². The Labute approximate surface area is 361 Å². The van der Waals surface area contributed by atoms with Gasteiger partial charge in [-0.25, -0.2) is 8.42 Å². The van der Waals surface area contributed by atoms with E-state index in [0.717, 1.165) is 36.2 Å². The Hall–Kier alpha value is -1.25. The summed E-state index contributed by atoms with van der Waals surface area (Å²) in [5, 5.41) is 6.23. The van der Waals surface area contributed by atoms with E-state index in [4.69, 9.17) is 0 Å². The predicted molar refractivity (Wildman–Crippen MR) is 250 cm³/mol. The van der Waals surface area contributed by atoms with Gasteiger partial charge in [-0.05, 0) is 78.1 Å². The van der Waals surface area contributed by atoms with Crippen molar-refractivity contribution in [1.82, 2.24) is 19.6 Å². The van der Waals surface area contributed by atoms with Crippen molar-refractivity contribution >= 4 is 91.7 Å². The van der Waals surface area contributed by atoms with Crippen LogP contribution in [0.25, 0.3) is 21.8 Å². The summed E-state index contributed by atoms with van der Waals surface area (Å²) in [5.41, 5.74) is 12.2. The van der Waals surface area contributed by atoms with Crippen LogP contribution in [0.3, 0.4) is 0 Å². The first kappa shape index (κ1) is 46.1. The molecule has 0 bridgehead atoms. The van der Waals surface area contributed by atoms with Crippen LogP contribution in [0.2, 0.25) is 0 Å². The van der Waals surface area contributed by atoms with Gasteiger partial charge < -0.3 is 15.3 Å². The third-order valence-corrected chi connectivity index (χ3v) is 10.3. The van der Waals surface area contributed by atoms with E-state index in [9.17, 15) is 8.42 Å². The molecular weight excluding hydrogens is 1130 g/mol. The number of sulfonamides is 1. The molecule has 4 heterocycles. The predicted octanol–water partition coefficient (Wildman–Crippen LogP) is 8.97. The molecule has 2 atom stereocenters. The molecule has 0 saturated carbocycles. The zero-order chi connectivity index (χ0) is 39.1. The van der Waals surface area contributed by atoms with Crippen molar-refractivity contribution in [2.24, 2.45) is 0 Å². The fraction of sp³-hybridized carbons (Fsp3) is 0.333. The van der Waals surface area contributed by atoms with Gasteiger partial charge in [0.05, 0.1) is 18.3 Å². The van der Waals surface area contributed by atoms with E-state index in [-0.39, 0.29) is 12.1 Å². The molecule has 2 aliphatic rings. The third-order valence-electron chi connectivity index (χ3n) is 9.02. The summed E-state index contributed by atoms with van der Waals surface area (Å²) in [5.74, 6) is 0. The molecule has 8 rings (SSSR count). The number of aromatic nitrogens is 2. The summed E-state index contributed by atoms with van der Waals surface area (Å²) in [4.78, 5) is 9.09. The Morgan fingerprint density at radius 3 is 1.62 bits per heavy atom. The number of fused-ring (bicyclic) bond motifs is 6. The van der Waals surface area contributed by atoms with E-state index in [2.05, 4.69) is 156 Å². The maximum atomic E-state index is 12.4. The number of hydrogen-bond donors (Lipinski definition) is 3. The zero-order valence-electron chi connectivity index (χ0n) is 31.9.